The highest BCUT2D eigenvalue weighted by Gasteiger charge is 2.53. The second-order valence-electron chi connectivity index (χ2n) is 7.82. The van der Waals surface area contributed by atoms with Gasteiger partial charge < -0.3 is 9.15 Å². The molecule has 1 spiro atoms. The smallest absolute Gasteiger partial charge is 0.247 e. The predicted octanol–water partition coefficient (Wildman–Crippen LogP) is 2.72. The van der Waals surface area contributed by atoms with Crippen molar-refractivity contribution in [3.63, 3.8) is 0 Å². The van der Waals surface area contributed by atoms with Crippen LogP contribution in [0.15, 0.2) is 64.2 Å². The van der Waals surface area contributed by atoms with Crippen molar-refractivity contribution in [2.45, 2.75) is 23.7 Å². The molecular weight excluding hydrogens is 404 g/mol. The van der Waals surface area contributed by atoms with Gasteiger partial charge in [0.1, 0.15) is 0 Å². The predicted molar refractivity (Wildman–Crippen MR) is 108 cm³/mol. The summed E-state index contributed by atoms with van der Waals surface area (Å²) in [6, 6.07) is 12.2. The number of ether oxygens (including phenoxy) is 1. The summed E-state index contributed by atoms with van der Waals surface area (Å²) in [6.45, 7) is 1.93. The molecule has 2 saturated heterocycles. The number of hydrogen-bond acceptors (Lipinski definition) is 7. The van der Waals surface area contributed by atoms with Crippen LogP contribution in [0.5, 0.6) is 0 Å². The summed E-state index contributed by atoms with van der Waals surface area (Å²) in [6.07, 6.45) is 4.85. The fraction of sp³-hybridized carbons (Fsp3) is 0.381. The first-order chi connectivity index (χ1) is 14.6. The molecule has 1 aromatic carbocycles. The number of benzene rings is 1. The number of pyridine rings is 1. The van der Waals surface area contributed by atoms with E-state index in [9.17, 15) is 8.42 Å². The summed E-state index contributed by atoms with van der Waals surface area (Å²) >= 11 is 0. The van der Waals surface area contributed by atoms with E-state index in [1.807, 2.05) is 18.2 Å². The first-order valence-corrected chi connectivity index (χ1v) is 11.4. The van der Waals surface area contributed by atoms with Crippen LogP contribution in [0, 0.1) is 5.41 Å². The number of sulfonamides is 1. The SMILES string of the molecule is O=S(=O)(c1ccccc1)N1CC(c2nnc(-c3ccncc3)o2)C2(CCOCC2)C1. The van der Waals surface area contributed by atoms with E-state index in [0.717, 1.165) is 18.4 Å². The van der Waals surface area contributed by atoms with Gasteiger partial charge in [0.15, 0.2) is 0 Å². The van der Waals surface area contributed by atoms with E-state index < -0.39 is 10.0 Å². The van der Waals surface area contributed by atoms with E-state index in [4.69, 9.17) is 9.15 Å². The Bertz CT molecular complexity index is 1110. The minimum atomic E-state index is -3.61. The zero-order valence-electron chi connectivity index (χ0n) is 16.3. The lowest BCUT2D eigenvalue weighted by Crippen LogP contribution is -2.37. The van der Waals surface area contributed by atoms with Crippen molar-refractivity contribution >= 4 is 10.0 Å². The standard InChI is InChI=1S/C21H22N4O4S/c26-30(27,17-4-2-1-3-5-17)25-14-18(21(15-25)8-12-28-13-9-21)20-24-23-19(29-20)16-6-10-22-11-7-16/h1-7,10-11,18H,8-9,12-15H2. The summed E-state index contributed by atoms with van der Waals surface area (Å²) in [5.41, 5.74) is 0.513. The minimum Gasteiger partial charge on any atom is -0.420 e. The molecule has 1 unspecified atom stereocenters. The fourth-order valence-corrected chi connectivity index (χ4v) is 6.03. The van der Waals surface area contributed by atoms with E-state index >= 15 is 0 Å². The minimum absolute atomic E-state index is 0.178. The highest BCUT2D eigenvalue weighted by atomic mass is 32.2. The van der Waals surface area contributed by atoms with Crippen LogP contribution in [0.25, 0.3) is 11.5 Å². The van der Waals surface area contributed by atoms with Gasteiger partial charge in [-0.3, -0.25) is 4.98 Å². The van der Waals surface area contributed by atoms with Crippen molar-refractivity contribution < 1.29 is 17.6 Å². The van der Waals surface area contributed by atoms with Gasteiger partial charge in [-0.2, -0.15) is 4.31 Å². The van der Waals surface area contributed by atoms with Crippen LogP contribution in [0.1, 0.15) is 24.7 Å². The van der Waals surface area contributed by atoms with Crippen molar-refractivity contribution in [2.75, 3.05) is 26.3 Å². The molecule has 2 fully saturated rings. The molecule has 2 aliphatic rings. The summed E-state index contributed by atoms with van der Waals surface area (Å²) < 4.78 is 39.7. The Balaban J connectivity index is 1.50. The number of hydrogen-bond donors (Lipinski definition) is 0. The third-order valence-corrected chi connectivity index (χ3v) is 7.98. The Morgan fingerprint density at radius 2 is 1.73 bits per heavy atom. The molecule has 0 saturated carbocycles. The van der Waals surface area contributed by atoms with Crippen molar-refractivity contribution in [1.29, 1.82) is 0 Å². The molecule has 1 atom stereocenters. The third-order valence-electron chi connectivity index (χ3n) is 6.15. The third kappa shape index (κ3) is 3.32. The molecule has 9 heteroatoms. The second kappa shape index (κ2) is 7.57. The van der Waals surface area contributed by atoms with E-state index in [1.165, 1.54) is 0 Å². The van der Waals surface area contributed by atoms with E-state index in [-0.39, 0.29) is 11.3 Å². The normalized spacial score (nSPS) is 21.8. The molecule has 0 aliphatic carbocycles. The lowest BCUT2D eigenvalue weighted by molar-refractivity contribution is 0.0112. The molecule has 0 radical (unpaired) electrons. The van der Waals surface area contributed by atoms with Gasteiger partial charge in [-0.15, -0.1) is 10.2 Å². The largest absolute Gasteiger partial charge is 0.420 e. The van der Waals surface area contributed by atoms with E-state index in [2.05, 4.69) is 15.2 Å². The first kappa shape index (κ1) is 19.3. The van der Waals surface area contributed by atoms with Gasteiger partial charge in [0.2, 0.25) is 21.8 Å². The second-order valence-corrected chi connectivity index (χ2v) is 9.76. The van der Waals surface area contributed by atoms with Gasteiger partial charge in [0, 0.05) is 49.7 Å². The fourth-order valence-electron chi connectivity index (χ4n) is 4.46. The molecule has 30 heavy (non-hydrogen) atoms. The van der Waals surface area contributed by atoms with Crippen LogP contribution in [-0.2, 0) is 14.8 Å². The molecule has 8 nitrogen and oxygen atoms in total. The van der Waals surface area contributed by atoms with Gasteiger partial charge in [0.05, 0.1) is 10.8 Å². The molecule has 5 rings (SSSR count). The lowest BCUT2D eigenvalue weighted by atomic mass is 9.72. The maximum atomic E-state index is 13.3. The topological polar surface area (TPSA) is 98.4 Å². The van der Waals surface area contributed by atoms with Crippen molar-refractivity contribution in [3.8, 4) is 11.5 Å². The molecule has 2 aromatic heterocycles. The van der Waals surface area contributed by atoms with Crippen LogP contribution in [0.2, 0.25) is 0 Å². The molecule has 0 amide bonds. The molecule has 0 N–H and O–H groups in total. The van der Waals surface area contributed by atoms with Crippen LogP contribution in [0.4, 0.5) is 0 Å². The van der Waals surface area contributed by atoms with E-state index in [1.54, 1.807) is 41.0 Å². The average molecular weight is 426 g/mol. The molecule has 2 aliphatic heterocycles. The Morgan fingerprint density at radius 1 is 1.00 bits per heavy atom. The number of nitrogens with zero attached hydrogens (tertiary/aromatic N) is 4. The van der Waals surface area contributed by atoms with E-state index in [0.29, 0.717) is 43.0 Å². The first-order valence-electron chi connectivity index (χ1n) is 9.95. The van der Waals surface area contributed by atoms with Crippen LogP contribution < -0.4 is 0 Å². The van der Waals surface area contributed by atoms with Crippen LogP contribution >= 0.6 is 0 Å². The van der Waals surface area contributed by atoms with Gasteiger partial charge >= 0.3 is 0 Å². The Morgan fingerprint density at radius 3 is 2.47 bits per heavy atom. The highest BCUT2D eigenvalue weighted by molar-refractivity contribution is 7.89. The molecule has 156 valence electrons. The summed E-state index contributed by atoms with van der Waals surface area (Å²) in [5, 5.41) is 8.52. The molecule has 4 heterocycles. The van der Waals surface area contributed by atoms with Crippen molar-refractivity contribution in [2.24, 2.45) is 5.41 Å². The van der Waals surface area contributed by atoms with Gasteiger partial charge in [-0.1, -0.05) is 18.2 Å². The van der Waals surface area contributed by atoms with Crippen LogP contribution in [-0.4, -0.2) is 54.2 Å². The molecular formula is C21H22N4O4S. The quantitative estimate of drug-likeness (QED) is 0.632. The molecule has 3 aromatic rings. The lowest BCUT2D eigenvalue weighted by Gasteiger charge is -2.36. The van der Waals surface area contributed by atoms with Crippen LogP contribution in [0.3, 0.4) is 0 Å². The summed E-state index contributed by atoms with van der Waals surface area (Å²) in [7, 11) is -3.61. The Labute approximate surface area is 175 Å². The Kier molecular flexibility index (Phi) is 4.88. The average Bonchev–Trinajstić information content (AvgIpc) is 3.41. The monoisotopic (exact) mass is 426 g/mol. The molecule has 0 bridgehead atoms. The Hall–Kier alpha value is -2.62. The van der Waals surface area contributed by atoms with Crippen molar-refractivity contribution in [1.82, 2.24) is 19.5 Å². The van der Waals surface area contributed by atoms with Gasteiger partial charge in [0.25, 0.3) is 0 Å². The zero-order chi connectivity index (χ0) is 20.6. The van der Waals surface area contributed by atoms with Gasteiger partial charge in [-0.25, -0.2) is 8.42 Å². The van der Waals surface area contributed by atoms with Crippen molar-refractivity contribution in [3.05, 3.63) is 60.7 Å². The number of aromatic nitrogens is 3. The summed E-state index contributed by atoms with van der Waals surface area (Å²) in [4.78, 5) is 4.31. The van der Waals surface area contributed by atoms with Gasteiger partial charge in [-0.05, 0) is 37.1 Å². The number of rotatable bonds is 4. The highest BCUT2D eigenvalue weighted by Crippen LogP contribution is 2.50. The maximum absolute atomic E-state index is 13.3. The summed E-state index contributed by atoms with van der Waals surface area (Å²) in [5.74, 6) is 0.719. The maximum Gasteiger partial charge on any atom is 0.247 e. The zero-order valence-corrected chi connectivity index (χ0v) is 17.2.